The van der Waals surface area contributed by atoms with Gasteiger partial charge in [0, 0.05) is 36.3 Å². The van der Waals surface area contributed by atoms with Crippen LogP contribution in [-0.2, 0) is 16.6 Å². The molecule has 0 radical (unpaired) electrons. The van der Waals surface area contributed by atoms with E-state index in [2.05, 4.69) is 38.7 Å². The van der Waals surface area contributed by atoms with Crippen molar-refractivity contribution in [2.75, 3.05) is 13.1 Å². The van der Waals surface area contributed by atoms with E-state index in [1.807, 2.05) is 6.92 Å². The van der Waals surface area contributed by atoms with Crippen LogP contribution < -0.4 is 9.46 Å². The fourth-order valence-corrected chi connectivity index (χ4v) is 5.99. The molecule has 1 saturated heterocycles. The monoisotopic (exact) mass is 572 g/mol. The Labute approximate surface area is 231 Å². The van der Waals surface area contributed by atoms with Gasteiger partial charge in [-0.05, 0) is 57.4 Å². The van der Waals surface area contributed by atoms with Crippen LogP contribution in [0.5, 0.6) is 5.88 Å². The predicted molar refractivity (Wildman–Crippen MR) is 148 cm³/mol. The number of benzene rings is 2. The van der Waals surface area contributed by atoms with Crippen LogP contribution in [0.4, 0.5) is 4.39 Å². The minimum Gasteiger partial charge on any atom is -0.474 e. The molecule has 5 rings (SSSR count). The van der Waals surface area contributed by atoms with Crippen LogP contribution in [0.25, 0.3) is 22.4 Å². The van der Waals surface area contributed by atoms with Gasteiger partial charge in [0.25, 0.3) is 0 Å². The number of rotatable bonds is 8. The molecule has 206 valence electrons. The van der Waals surface area contributed by atoms with Gasteiger partial charge in [-0.1, -0.05) is 35.9 Å². The van der Waals surface area contributed by atoms with Crippen molar-refractivity contribution in [2.24, 2.45) is 0 Å². The van der Waals surface area contributed by atoms with E-state index >= 15 is 0 Å². The number of hydrogen-bond donors (Lipinski definition) is 2. The molecule has 0 aliphatic carbocycles. The summed E-state index contributed by atoms with van der Waals surface area (Å²) < 4.78 is 48.1. The highest BCUT2D eigenvalue weighted by molar-refractivity contribution is 7.89. The number of fused-ring (bicyclic) bond motifs is 1. The van der Waals surface area contributed by atoms with E-state index in [-0.39, 0.29) is 17.7 Å². The summed E-state index contributed by atoms with van der Waals surface area (Å²) in [6, 6.07) is 11.1. The van der Waals surface area contributed by atoms with E-state index in [4.69, 9.17) is 21.3 Å². The molecular weight excluding hydrogens is 543 g/mol. The van der Waals surface area contributed by atoms with Crippen molar-refractivity contribution in [2.45, 2.75) is 57.2 Å². The van der Waals surface area contributed by atoms with Crippen molar-refractivity contribution in [1.82, 2.24) is 29.8 Å². The first-order valence-electron chi connectivity index (χ1n) is 12.8. The summed E-state index contributed by atoms with van der Waals surface area (Å²) in [6.07, 6.45) is 1.89. The number of aromatic nitrogens is 4. The zero-order valence-electron chi connectivity index (χ0n) is 21.9. The minimum atomic E-state index is -4.09. The molecule has 0 atom stereocenters. The highest BCUT2D eigenvalue weighted by Gasteiger charge is 2.25. The maximum Gasteiger partial charge on any atom is 0.243 e. The largest absolute Gasteiger partial charge is 0.474 e. The summed E-state index contributed by atoms with van der Waals surface area (Å²) in [7, 11) is -4.09. The molecule has 4 aromatic rings. The average Bonchev–Trinajstić information content (AvgIpc) is 3.30. The zero-order chi connectivity index (χ0) is 27.7. The number of sulfonamides is 1. The van der Waals surface area contributed by atoms with Gasteiger partial charge >= 0.3 is 0 Å². The number of ether oxygens (including phenoxy) is 1. The van der Waals surface area contributed by atoms with Gasteiger partial charge < -0.3 is 9.64 Å². The molecule has 0 amide bonds. The van der Waals surface area contributed by atoms with E-state index in [1.165, 1.54) is 6.07 Å². The van der Waals surface area contributed by atoms with E-state index in [1.54, 1.807) is 24.3 Å². The normalized spacial score (nSPS) is 15.3. The second kappa shape index (κ2) is 11.2. The number of nitrogens with one attached hydrogen (secondary N) is 2. The quantitative estimate of drug-likeness (QED) is 0.310. The molecular formula is C27H30ClFN6O3S. The number of hydrogen-bond acceptors (Lipinski definition) is 7. The number of likely N-dealkylation sites (tertiary alicyclic amines) is 1. The molecule has 0 saturated carbocycles. The summed E-state index contributed by atoms with van der Waals surface area (Å²) in [5.74, 6) is 0.103. The fraction of sp³-hybridized carbons (Fsp3) is 0.370. The average molecular weight is 573 g/mol. The Hall–Kier alpha value is -3.12. The lowest BCUT2D eigenvalue weighted by atomic mass is 10.1. The summed E-state index contributed by atoms with van der Waals surface area (Å²) in [4.78, 5) is 11.3. The summed E-state index contributed by atoms with van der Waals surface area (Å²) >= 11 is 5.85. The van der Waals surface area contributed by atoms with Gasteiger partial charge in [0.1, 0.15) is 22.2 Å². The lowest BCUT2D eigenvalue weighted by molar-refractivity contribution is 0.0824. The number of nitrogens with zero attached hydrogens (tertiary/aromatic N) is 4. The first-order chi connectivity index (χ1) is 18.6. The molecule has 1 aliphatic rings. The first-order valence-corrected chi connectivity index (χ1v) is 14.6. The maximum atomic E-state index is 14.1. The number of H-pyrrole nitrogens is 1. The van der Waals surface area contributed by atoms with Gasteiger partial charge in [-0.15, -0.1) is 0 Å². The lowest BCUT2D eigenvalue weighted by Gasteiger charge is -2.34. The number of aromatic amines is 1. The van der Waals surface area contributed by atoms with Gasteiger partial charge in [0.2, 0.25) is 15.9 Å². The fourth-order valence-electron chi connectivity index (χ4n) is 4.63. The van der Waals surface area contributed by atoms with Crippen LogP contribution in [0.15, 0.2) is 47.4 Å². The Morgan fingerprint density at radius 2 is 1.87 bits per heavy atom. The SMILES string of the molecule is Cc1n[nH]c2nc(-c3ccc(CNS(=O)(=O)c4cc(Cl)ccc4F)cc3)nc(OC3CCN(C(C)C)CC3)c12. The lowest BCUT2D eigenvalue weighted by Crippen LogP contribution is -2.41. The van der Waals surface area contributed by atoms with Crippen molar-refractivity contribution in [3.63, 3.8) is 0 Å². The molecule has 2 aromatic heterocycles. The molecule has 1 fully saturated rings. The second-order valence-corrected chi connectivity index (χ2v) is 12.1. The Balaban J connectivity index is 1.33. The number of aryl methyl sites for hydroxylation is 1. The highest BCUT2D eigenvalue weighted by atomic mass is 35.5. The van der Waals surface area contributed by atoms with Crippen LogP contribution in [0.1, 0.15) is 37.9 Å². The molecule has 2 N–H and O–H groups in total. The smallest absolute Gasteiger partial charge is 0.243 e. The van der Waals surface area contributed by atoms with E-state index in [0.717, 1.165) is 54.7 Å². The Morgan fingerprint density at radius 3 is 2.56 bits per heavy atom. The van der Waals surface area contributed by atoms with Crippen LogP contribution in [-0.4, -0.2) is 58.7 Å². The molecule has 12 heteroatoms. The van der Waals surface area contributed by atoms with Crippen LogP contribution in [0.2, 0.25) is 5.02 Å². The molecule has 0 bridgehead atoms. The molecule has 0 spiro atoms. The Kier molecular flexibility index (Phi) is 7.86. The maximum absolute atomic E-state index is 14.1. The standard InChI is InChI=1S/C27H30ClFN6O3S/c1-16(2)35-12-10-21(11-13-35)38-27-24-17(3)33-34-26(24)31-25(32-27)19-6-4-18(5-7-19)15-30-39(36,37)23-14-20(28)8-9-22(23)29/h4-9,14,16,21,30H,10-13,15H2,1-3H3,(H,31,32,33,34). The van der Waals surface area contributed by atoms with Crippen molar-refractivity contribution in [1.29, 1.82) is 0 Å². The van der Waals surface area contributed by atoms with Crippen molar-refractivity contribution in [3.05, 3.63) is 64.6 Å². The highest BCUT2D eigenvalue weighted by Crippen LogP contribution is 2.30. The van der Waals surface area contributed by atoms with E-state index in [0.29, 0.717) is 29.0 Å². The zero-order valence-corrected chi connectivity index (χ0v) is 23.5. The molecule has 9 nitrogen and oxygen atoms in total. The third-order valence-corrected chi connectivity index (χ3v) is 8.56. The third-order valence-electron chi connectivity index (χ3n) is 6.91. The van der Waals surface area contributed by atoms with Gasteiger partial charge in [-0.3, -0.25) is 5.10 Å². The van der Waals surface area contributed by atoms with Crippen LogP contribution in [0.3, 0.4) is 0 Å². The summed E-state index contributed by atoms with van der Waals surface area (Å²) in [5.41, 5.74) is 2.77. The molecule has 3 heterocycles. The number of halogens is 2. The summed E-state index contributed by atoms with van der Waals surface area (Å²) in [6.45, 7) is 8.22. The van der Waals surface area contributed by atoms with Gasteiger partial charge in [0.05, 0.1) is 5.69 Å². The van der Waals surface area contributed by atoms with Gasteiger partial charge in [0.15, 0.2) is 11.5 Å². The molecule has 1 aliphatic heterocycles. The number of piperidine rings is 1. The van der Waals surface area contributed by atoms with Crippen molar-refractivity contribution in [3.8, 4) is 17.3 Å². The molecule has 0 unspecified atom stereocenters. The van der Waals surface area contributed by atoms with Crippen molar-refractivity contribution >= 4 is 32.7 Å². The second-order valence-electron chi connectivity index (χ2n) is 9.93. The third kappa shape index (κ3) is 6.06. The Morgan fingerprint density at radius 1 is 1.15 bits per heavy atom. The van der Waals surface area contributed by atoms with Crippen LogP contribution >= 0.6 is 11.6 Å². The van der Waals surface area contributed by atoms with E-state index < -0.39 is 20.7 Å². The van der Waals surface area contributed by atoms with Crippen LogP contribution in [0, 0.1) is 12.7 Å². The molecule has 39 heavy (non-hydrogen) atoms. The summed E-state index contributed by atoms with van der Waals surface area (Å²) in [5, 5.41) is 8.17. The predicted octanol–water partition coefficient (Wildman–Crippen LogP) is 4.85. The molecule has 2 aromatic carbocycles. The minimum absolute atomic E-state index is 0.0301. The van der Waals surface area contributed by atoms with Gasteiger partial charge in [-0.25, -0.2) is 22.5 Å². The van der Waals surface area contributed by atoms with E-state index in [9.17, 15) is 12.8 Å². The van der Waals surface area contributed by atoms with Crippen molar-refractivity contribution < 1.29 is 17.5 Å². The topological polar surface area (TPSA) is 113 Å². The van der Waals surface area contributed by atoms with Gasteiger partial charge in [-0.2, -0.15) is 10.1 Å². The Bertz CT molecular complexity index is 1590. The first kappa shape index (κ1) is 27.4.